The zero-order chi connectivity index (χ0) is 20.9. The van der Waals surface area contributed by atoms with Gasteiger partial charge >= 0.3 is 0 Å². The van der Waals surface area contributed by atoms with Crippen molar-refractivity contribution in [2.24, 2.45) is 0 Å². The largest absolute Gasteiger partial charge is 0.393 e. The van der Waals surface area contributed by atoms with Crippen LogP contribution in [0, 0.1) is 12.4 Å². The molecule has 0 aliphatic heterocycles. The summed E-state index contributed by atoms with van der Waals surface area (Å²) in [4.78, 5) is 21.1. The number of fused-ring (bicyclic) bond motifs is 1. The van der Waals surface area contributed by atoms with Crippen LogP contribution in [0.4, 0.5) is 4.39 Å². The summed E-state index contributed by atoms with van der Waals surface area (Å²) in [6.45, 7) is 7.45. The molecule has 0 unspecified atom stereocenters. The lowest BCUT2D eigenvalue weighted by Crippen LogP contribution is -2.46. The van der Waals surface area contributed by atoms with Crippen LogP contribution in [0.25, 0.3) is 26.9 Å². The number of hydrogen-bond acceptors (Lipinski definition) is 3. The summed E-state index contributed by atoms with van der Waals surface area (Å²) < 4.78 is 14.1. The third-order valence-electron chi connectivity index (χ3n) is 6.17. The molecule has 2 N–H and O–H groups in total. The van der Waals surface area contributed by atoms with Crippen LogP contribution in [0.15, 0.2) is 48.7 Å². The molecule has 2 saturated carbocycles. The normalized spacial score (nSPS) is 21.5. The van der Waals surface area contributed by atoms with E-state index >= 15 is 0 Å². The molecule has 0 saturated heterocycles. The van der Waals surface area contributed by atoms with Crippen LogP contribution < -0.4 is 5.32 Å². The van der Waals surface area contributed by atoms with Crippen LogP contribution in [-0.2, 0) is 5.54 Å². The molecular formula is C24H20FN3O2. The Balaban J connectivity index is 1.60. The van der Waals surface area contributed by atoms with Gasteiger partial charge in [0.15, 0.2) is 0 Å². The fourth-order valence-corrected chi connectivity index (χ4v) is 4.15. The highest BCUT2D eigenvalue weighted by molar-refractivity contribution is 6.08. The minimum atomic E-state index is -0.407. The van der Waals surface area contributed by atoms with Crippen molar-refractivity contribution in [1.29, 1.82) is 0 Å². The summed E-state index contributed by atoms with van der Waals surface area (Å²) in [5.41, 5.74) is 2.93. The number of pyridine rings is 1. The molecule has 1 aromatic heterocycles. The topological polar surface area (TPSA) is 66.6 Å². The molecule has 2 fully saturated rings. The number of nitrogens with zero attached hydrogens (tertiary/aromatic N) is 2. The number of carbonyl (C=O) groups is 1. The van der Waals surface area contributed by atoms with E-state index in [0.29, 0.717) is 34.9 Å². The van der Waals surface area contributed by atoms with E-state index in [0.717, 1.165) is 24.0 Å². The smallest absolute Gasteiger partial charge is 0.258 e. The van der Waals surface area contributed by atoms with Crippen molar-refractivity contribution in [3.05, 3.63) is 77.0 Å². The number of carbonyl (C=O) groups excluding carboxylic acids is 1. The summed E-state index contributed by atoms with van der Waals surface area (Å²) in [6, 6.07) is 11.9. The molecule has 1 amide bonds. The standard InChI is InChI=1S/C24H20FN3O2/c1-26-24(8-9-24)15-4-2-14(3-5-15)22-19-10-16(25)6-7-21(19)27-13-20(22)23(30)28-17-11-18(29)12-17/h2-7,10,13,17-18,29H,8-9,11-12H2,(H,28,30). The van der Waals surface area contributed by atoms with E-state index < -0.39 is 11.4 Å². The number of nitrogens with one attached hydrogen (secondary N) is 1. The van der Waals surface area contributed by atoms with E-state index in [1.807, 2.05) is 24.3 Å². The first kappa shape index (κ1) is 18.7. The Morgan fingerprint density at radius 3 is 2.57 bits per heavy atom. The SMILES string of the molecule is [C-]#[N+]C1(c2ccc(-c3c(C(=O)NC4CC(O)C4)cnc4ccc(F)cc34)cc2)CC1. The van der Waals surface area contributed by atoms with Crippen molar-refractivity contribution in [1.82, 2.24) is 10.3 Å². The van der Waals surface area contributed by atoms with E-state index in [4.69, 9.17) is 6.57 Å². The Hall–Kier alpha value is -3.30. The van der Waals surface area contributed by atoms with Gasteiger partial charge < -0.3 is 15.3 Å². The van der Waals surface area contributed by atoms with Gasteiger partial charge in [0.1, 0.15) is 5.82 Å². The van der Waals surface area contributed by atoms with Crippen LogP contribution in [0.2, 0.25) is 0 Å². The first-order valence-electron chi connectivity index (χ1n) is 10.1. The van der Waals surface area contributed by atoms with Gasteiger partial charge in [-0.25, -0.2) is 11.0 Å². The molecule has 0 bridgehead atoms. The predicted octanol–water partition coefficient (Wildman–Crippen LogP) is 4.20. The van der Waals surface area contributed by atoms with Gasteiger partial charge in [-0.1, -0.05) is 24.3 Å². The fraction of sp³-hybridized carbons (Fsp3) is 0.292. The Morgan fingerprint density at radius 1 is 1.20 bits per heavy atom. The van der Waals surface area contributed by atoms with Crippen LogP contribution in [0.1, 0.15) is 41.6 Å². The Bertz CT molecular complexity index is 1190. The van der Waals surface area contributed by atoms with Gasteiger partial charge in [0, 0.05) is 41.6 Å². The number of benzene rings is 2. The molecule has 5 rings (SSSR count). The monoisotopic (exact) mass is 401 g/mol. The Labute approximate surface area is 173 Å². The minimum absolute atomic E-state index is 0.0701. The average Bonchev–Trinajstić information content (AvgIpc) is 3.53. The fourth-order valence-electron chi connectivity index (χ4n) is 4.15. The van der Waals surface area contributed by atoms with Crippen molar-refractivity contribution in [2.45, 2.75) is 43.4 Å². The van der Waals surface area contributed by atoms with E-state index in [-0.39, 0.29) is 18.1 Å². The summed E-state index contributed by atoms with van der Waals surface area (Å²) in [5.74, 6) is -0.684. The molecular weight excluding hydrogens is 381 g/mol. The van der Waals surface area contributed by atoms with E-state index in [2.05, 4.69) is 15.1 Å². The second-order valence-electron chi connectivity index (χ2n) is 8.22. The molecule has 5 nitrogen and oxygen atoms in total. The molecule has 30 heavy (non-hydrogen) atoms. The highest BCUT2D eigenvalue weighted by Gasteiger charge is 2.52. The molecule has 6 heteroatoms. The summed E-state index contributed by atoms with van der Waals surface area (Å²) >= 11 is 0. The van der Waals surface area contributed by atoms with Crippen molar-refractivity contribution in [3.8, 4) is 11.1 Å². The molecule has 150 valence electrons. The maximum absolute atomic E-state index is 14.1. The van der Waals surface area contributed by atoms with Gasteiger partial charge in [0.2, 0.25) is 0 Å². The lowest BCUT2D eigenvalue weighted by Gasteiger charge is -2.32. The van der Waals surface area contributed by atoms with Crippen molar-refractivity contribution in [2.75, 3.05) is 0 Å². The van der Waals surface area contributed by atoms with Gasteiger partial charge in [-0.15, -0.1) is 0 Å². The van der Waals surface area contributed by atoms with Gasteiger partial charge in [0.05, 0.1) is 17.2 Å². The number of aliphatic hydroxyl groups is 1. The molecule has 0 radical (unpaired) electrons. The molecule has 2 aromatic carbocycles. The average molecular weight is 401 g/mol. The number of halogens is 1. The lowest BCUT2D eigenvalue weighted by molar-refractivity contribution is 0.0563. The van der Waals surface area contributed by atoms with Crippen LogP contribution in [0.3, 0.4) is 0 Å². The second-order valence-corrected chi connectivity index (χ2v) is 8.22. The third kappa shape index (κ3) is 3.12. The van der Waals surface area contributed by atoms with Gasteiger partial charge in [-0.3, -0.25) is 9.78 Å². The Morgan fingerprint density at radius 2 is 1.93 bits per heavy atom. The Kier molecular flexibility index (Phi) is 4.30. The highest BCUT2D eigenvalue weighted by atomic mass is 19.1. The van der Waals surface area contributed by atoms with E-state index in [1.165, 1.54) is 18.3 Å². The van der Waals surface area contributed by atoms with Gasteiger partial charge in [-0.2, -0.15) is 0 Å². The van der Waals surface area contributed by atoms with Crippen molar-refractivity contribution >= 4 is 16.8 Å². The zero-order valence-corrected chi connectivity index (χ0v) is 16.2. The van der Waals surface area contributed by atoms with Crippen molar-refractivity contribution < 1.29 is 14.3 Å². The second kappa shape index (κ2) is 6.89. The molecule has 3 aromatic rings. The molecule has 2 aliphatic rings. The molecule has 1 heterocycles. The molecule has 2 aliphatic carbocycles. The van der Waals surface area contributed by atoms with Crippen molar-refractivity contribution in [3.63, 3.8) is 0 Å². The quantitative estimate of drug-likeness (QED) is 0.644. The third-order valence-corrected chi connectivity index (χ3v) is 6.17. The summed E-state index contributed by atoms with van der Waals surface area (Å²) in [5, 5.41) is 13.0. The summed E-state index contributed by atoms with van der Waals surface area (Å²) in [6.07, 6.45) is 3.94. The highest BCUT2D eigenvalue weighted by Crippen LogP contribution is 2.50. The minimum Gasteiger partial charge on any atom is -0.393 e. The van der Waals surface area contributed by atoms with E-state index in [1.54, 1.807) is 6.07 Å². The van der Waals surface area contributed by atoms with Crippen LogP contribution in [-0.4, -0.2) is 28.1 Å². The number of hydrogen-bond donors (Lipinski definition) is 2. The van der Waals surface area contributed by atoms with Gasteiger partial charge in [0.25, 0.3) is 11.4 Å². The molecule has 0 spiro atoms. The summed E-state index contributed by atoms with van der Waals surface area (Å²) in [7, 11) is 0. The zero-order valence-electron chi connectivity index (χ0n) is 16.2. The first-order chi connectivity index (χ1) is 14.5. The number of aliphatic hydroxyl groups excluding tert-OH is 1. The van der Waals surface area contributed by atoms with Crippen LogP contribution in [0.5, 0.6) is 0 Å². The maximum atomic E-state index is 14.1. The number of amides is 1. The first-order valence-corrected chi connectivity index (χ1v) is 10.1. The van der Waals surface area contributed by atoms with E-state index in [9.17, 15) is 14.3 Å². The maximum Gasteiger partial charge on any atom is 0.258 e. The van der Waals surface area contributed by atoms with Crippen LogP contribution >= 0.6 is 0 Å². The van der Waals surface area contributed by atoms with Gasteiger partial charge in [-0.05, 0) is 36.6 Å². The lowest BCUT2D eigenvalue weighted by atomic mass is 9.88. The molecule has 0 atom stereocenters. The number of aromatic nitrogens is 1. The number of rotatable bonds is 4. The predicted molar refractivity (Wildman–Crippen MR) is 111 cm³/mol.